The minimum absolute atomic E-state index is 0.698. The summed E-state index contributed by atoms with van der Waals surface area (Å²) in [6.07, 6.45) is 9.28. The molecular weight excluding hydrogens is 236 g/mol. The number of imidazole rings is 1. The molecule has 1 aromatic heterocycles. The fraction of sp³-hybridized carbons (Fsp3) is 0.800. The number of hydrogen-bond donors (Lipinski definition) is 1. The Kier molecular flexibility index (Phi) is 5.86. The minimum atomic E-state index is 0.698. The van der Waals surface area contributed by atoms with Gasteiger partial charge in [0.1, 0.15) is 5.82 Å². The quantitative estimate of drug-likeness (QED) is 0.818. The van der Waals surface area contributed by atoms with Crippen molar-refractivity contribution in [2.45, 2.75) is 52.1 Å². The number of hydrogen-bond acceptors (Lipinski definition) is 3. The van der Waals surface area contributed by atoms with Gasteiger partial charge in [-0.05, 0) is 39.3 Å². The lowest BCUT2D eigenvalue weighted by atomic mass is 10.0. The molecule has 4 heteroatoms. The number of nitrogens with one attached hydrogen (secondary N) is 1. The lowest BCUT2D eigenvalue weighted by Crippen LogP contribution is -2.44. The van der Waals surface area contributed by atoms with Crippen LogP contribution in [0.1, 0.15) is 38.4 Å². The Morgan fingerprint density at radius 3 is 2.95 bits per heavy atom. The van der Waals surface area contributed by atoms with Crippen LogP contribution >= 0.6 is 0 Å². The van der Waals surface area contributed by atoms with Gasteiger partial charge in [-0.2, -0.15) is 0 Å². The molecule has 1 aromatic rings. The van der Waals surface area contributed by atoms with Crippen molar-refractivity contribution in [3.8, 4) is 0 Å². The molecule has 0 radical (unpaired) electrons. The second kappa shape index (κ2) is 7.65. The molecule has 19 heavy (non-hydrogen) atoms. The van der Waals surface area contributed by atoms with Gasteiger partial charge in [-0.15, -0.1) is 0 Å². The maximum Gasteiger partial charge on any atom is 0.105 e. The van der Waals surface area contributed by atoms with Gasteiger partial charge in [0.05, 0.1) is 0 Å². The van der Waals surface area contributed by atoms with E-state index in [4.69, 9.17) is 0 Å². The van der Waals surface area contributed by atoms with Crippen molar-refractivity contribution in [3.63, 3.8) is 0 Å². The van der Waals surface area contributed by atoms with Crippen molar-refractivity contribution in [1.82, 2.24) is 19.8 Å². The summed E-state index contributed by atoms with van der Waals surface area (Å²) in [7, 11) is 0. The molecule has 2 heterocycles. The Morgan fingerprint density at radius 1 is 1.42 bits per heavy atom. The molecule has 2 rings (SSSR count). The van der Waals surface area contributed by atoms with Crippen molar-refractivity contribution < 1.29 is 0 Å². The molecule has 4 nitrogen and oxygen atoms in total. The van der Waals surface area contributed by atoms with Crippen LogP contribution in [0.3, 0.4) is 0 Å². The van der Waals surface area contributed by atoms with Crippen LogP contribution in [-0.2, 0) is 6.54 Å². The van der Waals surface area contributed by atoms with Crippen LogP contribution in [0, 0.1) is 6.92 Å². The molecule has 1 saturated heterocycles. The maximum absolute atomic E-state index is 4.29. The molecule has 108 valence electrons. The lowest BCUT2D eigenvalue weighted by molar-refractivity contribution is 0.217. The summed E-state index contributed by atoms with van der Waals surface area (Å²) in [6.45, 7) is 10.1. The van der Waals surface area contributed by atoms with Crippen LogP contribution in [0.5, 0.6) is 0 Å². The van der Waals surface area contributed by atoms with E-state index in [1.807, 2.05) is 6.20 Å². The summed E-state index contributed by atoms with van der Waals surface area (Å²) in [4.78, 5) is 6.89. The van der Waals surface area contributed by atoms with Gasteiger partial charge >= 0.3 is 0 Å². The van der Waals surface area contributed by atoms with Crippen LogP contribution in [0.2, 0.25) is 0 Å². The summed E-state index contributed by atoms with van der Waals surface area (Å²) in [5.41, 5.74) is 0. The first-order valence-electron chi connectivity index (χ1n) is 7.73. The summed E-state index contributed by atoms with van der Waals surface area (Å²) >= 11 is 0. The lowest BCUT2D eigenvalue weighted by Gasteiger charge is -2.30. The highest BCUT2D eigenvalue weighted by Gasteiger charge is 2.16. The number of aryl methyl sites for hydroxylation is 1. The van der Waals surface area contributed by atoms with E-state index in [1.165, 1.54) is 45.3 Å². The fourth-order valence-corrected chi connectivity index (χ4v) is 2.89. The number of rotatable bonds is 7. The zero-order valence-corrected chi connectivity index (χ0v) is 12.4. The molecular formula is C15H28N4. The van der Waals surface area contributed by atoms with Crippen LogP contribution in [0.15, 0.2) is 12.4 Å². The van der Waals surface area contributed by atoms with E-state index in [1.54, 1.807) is 0 Å². The summed E-state index contributed by atoms with van der Waals surface area (Å²) in [6, 6.07) is 0.698. The molecule has 1 N–H and O–H groups in total. The second-order valence-electron chi connectivity index (χ2n) is 5.62. The normalized spacial score (nSPS) is 20.1. The fourth-order valence-electron chi connectivity index (χ4n) is 2.89. The van der Waals surface area contributed by atoms with E-state index in [9.17, 15) is 0 Å². The molecule has 1 atom stereocenters. The summed E-state index contributed by atoms with van der Waals surface area (Å²) in [5, 5.41) is 3.65. The minimum Gasteiger partial charge on any atom is -0.334 e. The molecule has 0 aliphatic carbocycles. The first-order chi connectivity index (χ1) is 9.29. The number of aromatic nitrogens is 2. The standard InChI is InChI=1S/C15H28N4/c1-3-9-18(13-15-6-4-5-7-17-15)11-12-19-10-8-16-14(19)2/h8,10,15,17H,3-7,9,11-13H2,1-2H3. The second-order valence-corrected chi connectivity index (χ2v) is 5.62. The molecule has 1 fully saturated rings. The third kappa shape index (κ3) is 4.62. The van der Waals surface area contributed by atoms with Crippen LogP contribution in [-0.4, -0.2) is 46.7 Å². The van der Waals surface area contributed by atoms with Gasteiger partial charge in [0.2, 0.25) is 0 Å². The van der Waals surface area contributed by atoms with Crippen LogP contribution in [0.4, 0.5) is 0 Å². The first-order valence-corrected chi connectivity index (χ1v) is 7.73. The van der Waals surface area contributed by atoms with E-state index in [2.05, 4.69) is 39.8 Å². The SMILES string of the molecule is CCCN(CCn1ccnc1C)CC1CCCCN1. The van der Waals surface area contributed by atoms with Crippen LogP contribution in [0.25, 0.3) is 0 Å². The predicted octanol–water partition coefficient (Wildman–Crippen LogP) is 2.05. The van der Waals surface area contributed by atoms with Crippen molar-refractivity contribution in [3.05, 3.63) is 18.2 Å². The summed E-state index contributed by atoms with van der Waals surface area (Å²) < 4.78 is 2.25. The van der Waals surface area contributed by atoms with Gasteiger partial charge in [-0.25, -0.2) is 4.98 Å². The van der Waals surface area contributed by atoms with Gasteiger partial charge in [-0.1, -0.05) is 13.3 Å². The smallest absolute Gasteiger partial charge is 0.105 e. The first kappa shape index (κ1) is 14.5. The van der Waals surface area contributed by atoms with E-state index < -0.39 is 0 Å². The van der Waals surface area contributed by atoms with Crippen molar-refractivity contribution in [2.75, 3.05) is 26.2 Å². The zero-order chi connectivity index (χ0) is 13.5. The number of nitrogens with zero attached hydrogens (tertiary/aromatic N) is 3. The van der Waals surface area contributed by atoms with E-state index >= 15 is 0 Å². The largest absolute Gasteiger partial charge is 0.334 e. The Bertz CT molecular complexity index is 355. The van der Waals surface area contributed by atoms with Crippen LogP contribution < -0.4 is 5.32 Å². The molecule has 0 amide bonds. The number of piperidine rings is 1. The van der Waals surface area contributed by atoms with Gasteiger partial charge in [-0.3, -0.25) is 0 Å². The Hall–Kier alpha value is -0.870. The monoisotopic (exact) mass is 264 g/mol. The zero-order valence-electron chi connectivity index (χ0n) is 12.4. The average molecular weight is 264 g/mol. The molecule has 1 unspecified atom stereocenters. The molecule has 0 aromatic carbocycles. The van der Waals surface area contributed by atoms with E-state index in [-0.39, 0.29) is 0 Å². The Morgan fingerprint density at radius 2 is 2.32 bits per heavy atom. The summed E-state index contributed by atoms with van der Waals surface area (Å²) in [5.74, 6) is 1.12. The van der Waals surface area contributed by atoms with E-state index in [0.29, 0.717) is 6.04 Å². The van der Waals surface area contributed by atoms with E-state index in [0.717, 1.165) is 18.9 Å². The molecule has 0 spiro atoms. The molecule has 0 bridgehead atoms. The van der Waals surface area contributed by atoms with Gasteiger partial charge in [0, 0.05) is 38.1 Å². The third-order valence-electron chi connectivity index (χ3n) is 4.01. The predicted molar refractivity (Wildman–Crippen MR) is 79.3 cm³/mol. The van der Waals surface area contributed by atoms with Gasteiger partial charge in [0.25, 0.3) is 0 Å². The maximum atomic E-state index is 4.29. The highest BCUT2D eigenvalue weighted by Crippen LogP contribution is 2.09. The van der Waals surface area contributed by atoms with Gasteiger partial charge < -0.3 is 14.8 Å². The molecule has 1 aliphatic heterocycles. The van der Waals surface area contributed by atoms with Gasteiger partial charge in [0.15, 0.2) is 0 Å². The van der Waals surface area contributed by atoms with Crippen molar-refractivity contribution in [1.29, 1.82) is 0 Å². The van der Waals surface area contributed by atoms with Crippen molar-refractivity contribution >= 4 is 0 Å². The third-order valence-corrected chi connectivity index (χ3v) is 4.01. The highest BCUT2D eigenvalue weighted by molar-refractivity contribution is 4.88. The topological polar surface area (TPSA) is 33.1 Å². The Labute approximate surface area is 117 Å². The highest BCUT2D eigenvalue weighted by atomic mass is 15.2. The van der Waals surface area contributed by atoms with Crippen molar-refractivity contribution in [2.24, 2.45) is 0 Å². The molecule has 1 aliphatic rings. The molecule has 0 saturated carbocycles. The Balaban J connectivity index is 1.79. The average Bonchev–Trinajstić information content (AvgIpc) is 2.83.